The topological polar surface area (TPSA) is 76.7 Å². The smallest absolute Gasteiger partial charge is 0.338 e. The van der Waals surface area contributed by atoms with Crippen molar-refractivity contribution in [3.05, 3.63) is 35.1 Å². The van der Waals surface area contributed by atoms with E-state index in [-0.39, 0.29) is 16.2 Å². The van der Waals surface area contributed by atoms with Crippen molar-refractivity contribution in [1.82, 2.24) is 5.43 Å². The van der Waals surface area contributed by atoms with Crippen LogP contribution in [0.15, 0.2) is 23.3 Å². The van der Waals surface area contributed by atoms with Gasteiger partial charge < -0.3 is 10.5 Å². The highest BCUT2D eigenvalue weighted by atomic mass is 32.1. The average Bonchev–Trinajstić information content (AvgIpc) is 2.29. The molecule has 0 atom stereocenters. The van der Waals surface area contributed by atoms with Crippen molar-refractivity contribution in [2.24, 2.45) is 10.8 Å². The largest absolute Gasteiger partial charge is 0.465 e. The molecule has 3 N–H and O–H groups in total. The Morgan fingerprint density at radius 1 is 1.65 bits per heavy atom. The van der Waals surface area contributed by atoms with E-state index < -0.39 is 11.8 Å². The number of hydrogen-bond donors (Lipinski definition) is 2. The van der Waals surface area contributed by atoms with E-state index in [0.717, 1.165) is 6.21 Å². The number of nitrogens with two attached hydrogens (primary N) is 1. The average molecular weight is 255 g/mol. The fraction of sp³-hybridized carbons (Fsp3) is 0.100. The van der Waals surface area contributed by atoms with Gasteiger partial charge in [0.15, 0.2) is 5.11 Å². The molecular weight excluding hydrogens is 245 g/mol. The van der Waals surface area contributed by atoms with Crippen LogP contribution < -0.4 is 11.2 Å². The zero-order valence-corrected chi connectivity index (χ0v) is 9.75. The van der Waals surface area contributed by atoms with E-state index in [1.165, 1.54) is 25.3 Å². The monoisotopic (exact) mass is 255 g/mol. The van der Waals surface area contributed by atoms with Crippen LogP contribution in [0.1, 0.15) is 15.9 Å². The van der Waals surface area contributed by atoms with E-state index in [1.54, 1.807) is 0 Å². The zero-order valence-electron chi connectivity index (χ0n) is 8.94. The minimum atomic E-state index is -0.652. The standard InChI is InChI=1S/C10H10FN3O2S/c1-16-9(15)6-3-2-4-8(11)7(6)5-13-14-10(12)17/h2-5H,1H3,(H3,12,14,17). The number of esters is 1. The Morgan fingerprint density at radius 2 is 2.35 bits per heavy atom. The number of methoxy groups -OCH3 is 1. The van der Waals surface area contributed by atoms with Gasteiger partial charge in [-0.1, -0.05) is 6.07 Å². The van der Waals surface area contributed by atoms with Crippen molar-refractivity contribution in [2.45, 2.75) is 0 Å². The highest BCUT2D eigenvalue weighted by Gasteiger charge is 2.13. The number of benzene rings is 1. The van der Waals surface area contributed by atoms with Crippen molar-refractivity contribution in [2.75, 3.05) is 7.11 Å². The van der Waals surface area contributed by atoms with E-state index in [1.807, 2.05) is 0 Å². The van der Waals surface area contributed by atoms with Gasteiger partial charge in [-0.25, -0.2) is 9.18 Å². The lowest BCUT2D eigenvalue weighted by atomic mass is 10.1. The Morgan fingerprint density at radius 3 is 2.94 bits per heavy atom. The maximum absolute atomic E-state index is 13.5. The van der Waals surface area contributed by atoms with Crippen LogP contribution in [0.25, 0.3) is 0 Å². The second-order valence-corrected chi connectivity index (χ2v) is 3.37. The van der Waals surface area contributed by atoms with E-state index in [4.69, 9.17) is 5.73 Å². The van der Waals surface area contributed by atoms with E-state index >= 15 is 0 Å². The molecule has 1 aromatic rings. The number of hydrazone groups is 1. The van der Waals surface area contributed by atoms with E-state index in [9.17, 15) is 9.18 Å². The molecule has 0 saturated heterocycles. The first-order valence-electron chi connectivity index (χ1n) is 4.51. The summed E-state index contributed by atoms with van der Waals surface area (Å²) in [5.74, 6) is -1.25. The van der Waals surface area contributed by atoms with Crippen LogP contribution in [0.5, 0.6) is 0 Å². The van der Waals surface area contributed by atoms with Gasteiger partial charge in [-0.05, 0) is 24.4 Å². The number of ether oxygens (including phenoxy) is 1. The van der Waals surface area contributed by atoms with Gasteiger partial charge in [0.1, 0.15) is 5.82 Å². The van der Waals surface area contributed by atoms with Gasteiger partial charge in [-0.3, -0.25) is 5.43 Å². The molecule has 90 valence electrons. The Labute approximate surface area is 102 Å². The van der Waals surface area contributed by atoms with E-state index in [2.05, 4.69) is 27.5 Å². The minimum Gasteiger partial charge on any atom is -0.465 e. The molecule has 0 amide bonds. The number of carbonyl (C=O) groups is 1. The third-order valence-corrected chi connectivity index (χ3v) is 1.92. The van der Waals surface area contributed by atoms with Crippen molar-refractivity contribution < 1.29 is 13.9 Å². The molecule has 1 aromatic carbocycles. The first-order valence-corrected chi connectivity index (χ1v) is 4.92. The Balaban J connectivity index is 3.07. The number of hydrogen-bond acceptors (Lipinski definition) is 4. The summed E-state index contributed by atoms with van der Waals surface area (Å²) in [6, 6.07) is 4.03. The van der Waals surface area contributed by atoms with E-state index in [0.29, 0.717) is 0 Å². The second kappa shape index (κ2) is 5.90. The third kappa shape index (κ3) is 3.49. The molecule has 0 radical (unpaired) electrons. The van der Waals surface area contributed by atoms with Gasteiger partial charge >= 0.3 is 5.97 Å². The fourth-order valence-electron chi connectivity index (χ4n) is 1.12. The van der Waals surface area contributed by atoms with Crippen LogP contribution in [-0.4, -0.2) is 24.4 Å². The molecule has 0 aromatic heterocycles. The lowest BCUT2D eigenvalue weighted by Gasteiger charge is -2.04. The predicted octanol–water partition coefficient (Wildman–Crippen LogP) is 0.779. The number of halogens is 1. The molecule has 0 aliphatic heterocycles. The molecule has 0 heterocycles. The van der Waals surface area contributed by atoms with Crippen molar-refractivity contribution >= 4 is 29.5 Å². The highest BCUT2D eigenvalue weighted by Crippen LogP contribution is 2.12. The normalized spacial score (nSPS) is 10.2. The third-order valence-electron chi connectivity index (χ3n) is 1.83. The summed E-state index contributed by atoms with van der Waals surface area (Å²) in [6.45, 7) is 0. The lowest BCUT2D eigenvalue weighted by Crippen LogP contribution is -2.24. The molecular formula is C10H10FN3O2S. The van der Waals surface area contributed by atoms with Gasteiger partial charge in [0.25, 0.3) is 0 Å². The molecule has 0 aliphatic rings. The Bertz CT molecular complexity index is 477. The highest BCUT2D eigenvalue weighted by molar-refractivity contribution is 7.80. The molecule has 0 spiro atoms. The van der Waals surface area contributed by atoms with Crippen LogP contribution >= 0.6 is 12.2 Å². The van der Waals surface area contributed by atoms with Crippen LogP contribution in [0.4, 0.5) is 4.39 Å². The predicted molar refractivity (Wildman–Crippen MR) is 65.3 cm³/mol. The van der Waals surface area contributed by atoms with Gasteiger partial charge in [-0.15, -0.1) is 0 Å². The van der Waals surface area contributed by atoms with Gasteiger partial charge in [0.2, 0.25) is 0 Å². The Hall–Kier alpha value is -2.02. The molecule has 1 rings (SSSR count). The first-order chi connectivity index (χ1) is 8.06. The van der Waals surface area contributed by atoms with Crippen LogP contribution in [0.3, 0.4) is 0 Å². The summed E-state index contributed by atoms with van der Waals surface area (Å²) in [6.07, 6.45) is 1.11. The number of nitrogens with one attached hydrogen (secondary N) is 1. The van der Waals surface area contributed by atoms with Crippen LogP contribution in [0, 0.1) is 5.82 Å². The number of nitrogens with zero attached hydrogens (tertiary/aromatic N) is 1. The van der Waals surface area contributed by atoms with Gasteiger partial charge in [-0.2, -0.15) is 5.10 Å². The quantitative estimate of drug-likeness (QED) is 0.361. The first kappa shape index (κ1) is 13.0. The number of carbonyl (C=O) groups excluding carboxylic acids is 1. The number of rotatable bonds is 3. The molecule has 0 bridgehead atoms. The van der Waals surface area contributed by atoms with Crippen molar-refractivity contribution in [3.8, 4) is 0 Å². The summed E-state index contributed by atoms with van der Waals surface area (Å²) < 4.78 is 18.0. The minimum absolute atomic E-state index is 0.00287. The molecule has 0 unspecified atom stereocenters. The second-order valence-electron chi connectivity index (χ2n) is 2.93. The Kier molecular flexibility index (Phi) is 4.53. The molecule has 0 saturated carbocycles. The molecule has 7 heteroatoms. The maximum atomic E-state index is 13.5. The SMILES string of the molecule is COC(=O)c1cccc(F)c1C=NNC(N)=S. The zero-order chi connectivity index (χ0) is 12.8. The van der Waals surface area contributed by atoms with Crippen LogP contribution in [-0.2, 0) is 4.74 Å². The molecule has 17 heavy (non-hydrogen) atoms. The lowest BCUT2D eigenvalue weighted by molar-refractivity contribution is 0.0600. The molecule has 0 aliphatic carbocycles. The summed E-state index contributed by atoms with van der Waals surface area (Å²) in [7, 11) is 1.21. The van der Waals surface area contributed by atoms with Gasteiger partial charge in [0, 0.05) is 5.56 Å². The molecule has 0 fully saturated rings. The van der Waals surface area contributed by atoms with Crippen molar-refractivity contribution in [3.63, 3.8) is 0 Å². The summed E-state index contributed by atoms with van der Waals surface area (Å²) in [5.41, 5.74) is 7.48. The summed E-state index contributed by atoms with van der Waals surface area (Å²) >= 11 is 4.52. The fourth-order valence-corrected chi connectivity index (χ4v) is 1.17. The maximum Gasteiger partial charge on any atom is 0.338 e. The van der Waals surface area contributed by atoms with Crippen molar-refractivity contribution in [1.29, 1.82) is 0 Å². The summed E-state index contributed by atoms with van der Waals surface area (Å²) in [4.78, 5) is 11.4. The van der Waals surface area contributed by atoms with Crippen LogP contribution in [0.2, 0.25) is 0 Å². The molecule has 5 nitrogen and oxygen atoms in total. The number of thiocarbonyl (C=S) groups is 1. The summed E-state index contributed by atoms with van der Waals surface area (Å²) in [5, 5.41) is 3.53. The van der Waals surface area contributed by atoms with Gasteiger partial charge in [0.05, 0.1) is 18.9 Å².